The molecule has 0 saturated carbocycles. The van der Waals surface area contributed by atoms with Crippen LogP contribution in [0.25, 0.3) is 0 Å². The fourth-order valence-corrected chi connectivity index (χ4v) is 3.83. The summed E-state index contributed by atoms with van der Waals surface area (Å²) in [6, 6.07) is 23.4. The molecular formula is C28H30N4O4. The number of anilines is 2. The normalized spacial score (nSPS) is 14.6. The molecule has 4 rings (SSSR count). The van der Waals surface area contributed by atoms with Crippen molar-refractivity contribution < 1.29 is 19.1 Å². The lowest BCUT2D eigenvalue weighted by Crippen LogP contribution is -2.31. The van der Waals surface area contributed by atoms with Crippen LogP contribution in [0.3, 0.4) is 0 Å². The standard InChI is InChI=1S/C28H30N4O4/c33-26(32-24-14-10-22(11-15-24)28(35)31-18-25-7-4-16-36-25)19-29-23-12-8-21(9-13-23)27(34)30-17-20-5-2-1-3-6-20/h1-3,5-6,8-15,25,29H,4,7,16-19H2,(H,30,34)(H,31,35)(H,32,33). The van der Waals surface area contributed by atoms with Crippen molar-refractivity contribution in [3.8, 4) is 0 Å². The number of amides is 3. The molecule has 186 valence electrons. The van der Waals surface area contributed by atoms with E-state index in [9.17, 15) is 14.4 Å². The highest BCUT2D eigenvalue weighted by molar-refractivity contribution is 5.97. The fourth-order valence-electron chi connectivity index (χ4n) is 3.83. The van der Waals surface area contributed by atoms with Crippen molar-refractivity contribution in [3.63, 3.8) is 0 Å². The highest BCUT2D eigenvalue weighted by atomic mass is 16.5. The zero-order valence-electron chi connectivity index (χ0n) is 20.0. The van der Waals surface area contributed by atoms with E-state index in [1.807, 2.05) is 30.3 Å². The van der Waals surface area contributed by atoms with Crippen molar-refractivity contribution in [2.75, 3.05) is 30.3 Å². The Hall–Kier alpha value is -4.17. The predicted octanol–water partition coefficient (Wildman–Crippen LogP) is 3.58. The molecule has 0 radical (unpaired) electrons. The van der Waals surface area contributed by atoms with Crippen LogP contribution in [0.2, 0.25) is 0 Å². The zero-order valence-corrected chi connectivity index (χ0v) is 20.0. The molecule has 0 aromatic heterocycles. The number of ether oxygens (including phenoxy) is 1. The number of benzene rings is 3. The Labute approximate surface area is 210 Å². The lowest BCUT2D eigenvalue weighted by molar-refractivity contribution is -0.114. The molecule has 3 aromatic rings. The Balaban J connectivity index is 1.18. The van der Waals surface area contributed by atoms with Gasteiger partial charge in [-0.25, -0.2) is 0 Å². The SMILES string of the molecule is O=C(CNc1ccc(C(=O)NCc2ccccc2)cc1)Nc1ccc(C(=O)NCC2CCCO2)cc1. The van der Waals surface area contributed by atoms with Gasteiger partial charge in [0.2, 0.25) is 5.91 Å². The molecule has 0 bridgehead atoms. The van der Waals surface area contributed by atoms with Gasteiger partial charge in [-0.05, 0) is 66.9 Å². The van der Waals surface area contributed by atoms with E-state index in [1.165, 1.54) is 0 Å². The molecule has 1 heterocycles. The lowest BCUT2D eigenvalue weighted by Gasteiger charge is -2.11. The van der Waals surface area contributed by atoms with E-state index in [0.29, 0.717) is 29.9 Å². The van der Waals surface area contributed by atoms with Gasteiger partial charge >= 0.3 is 0 Å². The molecule has 8 nitrogen and oxygen atoms in total. The summed E-state index contributed by atoms with van der Waals surface area (Å²) in [5.41, 5.74) is 3.42. The summed E-state index contributed by atoms with van der Waals surface area (Å²) < 4.78 is 5.51. The van der Waals surface area contributed by atoms with Crippen LogP contribution in [0.1, 0.15) is 39.1 Å². The summed E-state index contributed by atoms with van der Waals surface area (Å²) in [6.07, 6.45) is 2.09. The molecule has 36 heavy (non-hydrogen) atoms. The van der Waals surface area contributed by atoms with E-state index in [2.05, 4.69) is 21.3 Å². The summed E-state index contributed by atoms with van der Waals surface area (Å²) in [6.45, 7) is 1.77. The Morgan fingerprint density at radius 3 is 2.06 bits per heavy atom. The second-order valence-corrected chi connectivity index (χ2v) is 8.57. The second-order valence-electron chi connectivity index (χ2n) is 8.57. The monoisotopic (exact) mass is 486 g/mol. The molecule has 3 aromatic carbocycles. The fraction of sp³-hybridized carbons (Fsp3) is 0.250. The van der Waals surface area contributed by atoms with E-state index in [4.69, 9.17) is 4.74 Å². The molecule has 1 atom stereocenters. The highest BCUT2D eigenvalue weighted by Gasteiger charge is 2.16. The van der Waals surface area contributed by atoms with E-state index in [0.717, 1.165) is 30.7 Å². The van der Waals surface area contributed by atoms with Gasteiger partial charge in [-0.2, -0.15) is 0 Å². The first kappa shape index (κ1) is 24.9. The quantitative estimate of drug-likeness (QED) is 0.350. The van der Waals surface area contributed by atoms with Crippen LogP contribution in [-0.2, 0) is 16.1 Å². The van der Waals surface area contributed by atoms with Crippen molar-refractivity contribution in [2.45, 2.75) is 25.5 Å². The summed E-state index contributed by atoms with van der Waals surface area (Å²) in [7, 11) is 0. The minimum absolute atomic E-state index is 0.0587. The molecule has 0 spiro atoms. The first-order chi connectivity index (χ1) is 17.6. The van der Waals surface area contributed by atoms with Gasteiger partial charge in [-0.1, -0.05) is 30.3 Å². The molecule has 1 saturated heterocycles. The zero-order chi connectivity index (χ0) is 25.2. The van der Waals surface area contributed by atoms with Gasteiger partial charge in [0.15, 0.2) is 0 Å². The third kappa shape index (κ3) is 7.41. The Bertz CT molecular complexity index is 1160. The van der Waals surface area contributed by atoms with Crippen LogP contribution in [-0.4, -0.2) is 43.5 Å². The molecular weight excluding hydrogens is 456 g/mol. The third-order valence-corrected chi connectivity index (χ3v) is 5.84. The van der Waals surface area contributed by atoms with Gasteiger partial charge in [-0.15, -0.1) is 0 Å². The molecule has 0 aliphatic carbocycles. The minimum Gasteiger partial charge on any atom is -0.376 e. The van der Waals surface area contributed by atoms with Gasteiger partial charge in [0.1, 0.15) is 0 Å². The van der Waals surface area contributed by atoms with Crippen LogP contribution in [0.4, 0.5) is 11.4 Å². The minimum atomic E-state index is -0.227. The van der Waals surface area contributed by atoms with Crippen LogP contribution in [0.15, 0.2) is 78.9 Å². The van der Waals surface area contributed by atoms with E-state index in [-0.39, 0.29) is 30.4 Å². The van der Waals surface area contributed by atoms with Gasteiger partial charge in [0, 0.05) is 42.2 Å². The van der Waals surface area contributed by atoms with Crippen LogP contribution in [0, 0.1) is 0 Å². The molecule has 1 aliphatic rings. The smallest absolute Gasteiger partial charge is 0.251 e. The van der Waals surface area contributed by atoms with Crippen LogP contribution >= 0.6 is 0 Å². The average molecular weight is 487 g/mol. The topological polar surface area (TPSA) is 109 Å². The molecule has 1 unspecified atom stereocenters. The number of carbonyl (C=O) groups is 3. The molecule has 1 aliphatic heterocycles. The Kier molecular flexibility index (Phi) is 8.67. The Morgan fingerprint density at radius 2 is 1.42 bits per heavy atom. The predicted molar refractivity (Wildman–Crippen MR) is 139 cm³/mol. The second kappa shape index (κ2) is 12.5. The molecule has 3 amide bonds. The molecule has 8 heteroatoms. The van der Waals surface area contributed by atoms with E-state index in [1.54, 1.807) is 48.5 Å². The number of rotatable bonds is 10. The van der Waals surface area contributed by atoms with Crippen molar-refractivity contribution in [2.24, 2.45) is 0 Å². The Morgan fingerprint density at radius 1 is 0.778 bits per heavy atom. The maximum Gasteiger partial charge on any atom is 0.251 e. The molecule has 1 fully saturated rings. The van der Waals surface area contributed by atoms with Crippen LogP contribution in [0.5, 0.6) is 0 Å². The third-order valence-electron chi connectivity index (χ3n) is 5.84. The van der Waals surface area contributed by atoms with Crippen molar-refractivity contribution >= 4 is 29.1 Å². The summed E-state index contributed by atoms with van der Waals surface area (Å²) in [5.74, 6) is -0.551. The number of hydrogen-bond donors (Lipinski definition) is 4. The first-order valence-electron chi connectivity index (χ1n) is 12.0. The number of hydrogen-bond acceptors (Lipinski definition) is 5. The highest BCUT2D eigenvalue weighted by Crippen LogP contribution is 2.13. The molecule has 4 N–H and O–H groups in total. The number of nitrogens with one attached hydrogen (secondary N) is 4. The van der Waals surface area contributed by atoms with Gasteiger partial charge in [0.05, 0.1) is 12.6 Å². The van der Waals surface area contributed by atoms with Gasteiger partial charge in [0.25, 0.3) is 11.8 Å². The van der Waals surface area contributed by atoms with E-state index < -0.39 is 0 Å². The van der Waals surface area contributed by atoms with Gasteiger partial charge in [-0.3, -0.25) is 14.4 Å². The summed E-state index contributed by atoms with van der Waals surface area (Å²) >= 11 is 0. The maximum atomic E-state index is 12.3. The largest absolute Gasteiger partial charge is 0.376 e. The van der Waals surface area contributed by atoms with E-state index >= 15 is 0 Å². The summed E-state index contributed by atoms with van der Waals surface area (Å²) in [4.78, 5) is 36.9. The first-order valence-corrected chi connectivity index (χ1v) is 12.0. The summed E-state index contributed by atoms with van der Waals surface area (Å²) in [5, 5.41) is 11.6. The van der Waals surface area contributed by atoms with Crippen LogP contribution < -0.4 is 21.3 Å². The van der Waals surface area contributed by atoms with Gasteiger partial charge < -0.3 is 26.0 Å². The average Bonchev–Trinajstić information content (AvgIpc) is 3.44. The van der Waals surface area contributed by atoms with Crippen molar-refractivity contribution in [1.29, 1.82) is 0 Å². The van der Waals surface area contributed by atoms with Crippen molar-refractivity contribution in [1.82, 2.24) is 10.6 Å². The van der Waals surface area contributed by atoms with Crippen molar-refractivity contribution in [3.05, 3.63) is 95.6 Å². The lowest BCUT2D eigenvalue weighted by atomic mass is 10.1. The number of carbonyl (C=O) groups excluding carboxylic acids is 3. The maximum absolute atomic E-state index is 12.3.